The highest BCUT2D eigenvalue weighted by atomic mass is 32.1. The van der Waals surface area contributed by atoms with Crippen LogP contribution < -0.4 is 0 Å². The highest BCUT2D eigenvalue weighted by molar-refractivity contribution is 7.15. The normalized spacial score (nSPS) is 12.6. The lowest BCUT2D eigenvalue weighted by molar-refractivity contribution is -0.142. The van der Waals surface area contributed by atoms with Crippen LogP contribution >= 0.6 is 11.3 Å². The van der Waals surface area contributed by atoms with Gasteiger partial charge in [0.25, 0.3) is 0 Å². The van der Waals surface area contributed by atoms with Gasteiger partial charge in [-0.3, -0.25) is 14.0 Å². The number of aromatic nitrogens is 2. The Balaban J connectivity index is 2.05. The molecule has 1 N–H and O–H groups in total. The predicted molar refractivity (Wildman–Crippen MR) is 75.9 cm³/mol. The van der Waals surface area contributed by atoms with Gasteiger partial charge < -0.3 is 10.0 Å². The predicted octanol–water partition coefficient (Wildman–Crippen LogP) is 1.43. The van der Waals surface area contributed by atoms with Gasteiger partial charge in [0.2, 0.25) is 5.91 Å². The van der Waals surface area contributed by atoms with Crippen molar-refractivity contribution >= 4 is 28.2 Å². The lowest BCUT2D eigenvalue weighted by Crippen LogP contribution is -2.34. The van der Waals surface area contributed by atoms with Gasteiger partial charge in [-0.05, 0) is 6.92 Å². The van der Waals surface area contributed by atoms with Crippen molar-refractivity contribution in [2.24, 2.45) is 5.92 Å². The van der Waals surface area contributed by atoms with E-state index < -0.39 is 11.9 Å². The zero-order chi connectivity index (χ0) is 14.9. The van der Waals surface area contributed by atoms with Crippen molar-refractivity contribution in [3.63, 3.8) is 0 Å². The summed E-state index contributed by atoms with van der Waals surface area (Å²) in [6.45, 7) is 3.71. The monoisotopic (exact) mass is 295 g/mol. The number of nitrogens with zero attached hydrogens (tertiary/aromatic N) is 3. The maximum Gasteiger partial charge on any atom is 0.308 e. The van der Waals surface area contributed by atoms with E-state index in [2.05, 4.69) is 4.98 Å². The van der Waals surface area contributed by atoms with Crippen molar-refractivity contribution < 1.29 is 14.7 Å². The van der Waals surface area contributed by atoms with Crippen molar-refractivity contribution in [1.29, 1.82) is 0 Å². The zero-order valence-corrected chi connectivity index (χ0v) is 12.5. The Morgan fingerprint density at radius 3 is 2.90 bits per heavy atom. The van der Waals surface area contributed by atoms with Crippen LogP contribution in [0.4, 0.5) is 0 Å². The molecule has 2 heterocycles. The van der Waals surface area contributed by atoms with Gasteiger partial charge in [0.05, 0.1) is 18.0 Å². The number of hydrogen-bond donors (Lipinski definition) is 1. The van der Waals surface area contributed by atoms with E-state index in [0.717, 1.165) is 16.3 Å². The first-order chi connectivity index (χ1) is 9.38. The quantitative estimate of drug-likeness (QED) is 0.905. The molecule has 0 saturated carbocycles. The third kappa shape index (κ3) is 2.98. The molecule has 7 heteroatoms. The van der Waals surface area contributed by atoms with Crippen LogP contribution in [0.2, 0.25) is 0 Å². The topological polar surface area (TPSA) is 74.9 Å². The third-order valence-electron chi connectivity index (χ3n) is 3.13. The van der Waals surface area contributed by atoms with Crippen molar-refractivity contribution in [3.8, 4) is 0 Å². The van der Waals surface area contributed by atoms with Gasteiger partial charge in [-0.15, -0.1) is 11.3 Å². The molecule has 2 aromatic rings. The second-order valence-electron chi connectivity index (χ2n) is 4.95. The molecule has 0 radical (unpaired) electrons. The Kier molecular flexibility index (Phi) is 4.08. The molecule has 0 aliphatic rings. The fraction of sp³-hybridized carbons (Fsp3) is 0.462. The summed E-state index contributed by atoms with van der Waals surface area (Å²) >= 11 is 1.49. The Hall–Kier alpha value is -1.89. The molecular formula is C13H17N3O3S. The van der Waals surface area contributed by atoms with Crippen molar-refractivity contribution in [3.05, 3.63) is 23.0 Å². The summed E-state index contributed by atoms with van der Waals surface area (Å²) in [4.78, 5) is 29.6. The minimum Gasteiger partial charge on any atom is -0.481 e. The van der Waals surface area contributed by atoms with Gasteiger partial charge in [0.1, 0.15) is 0 Å². The summed E-state index contributed by atoms with van der Waals surface area (Å²) < 4.78 is 1.91. The fourth-order valence-corrected chi connectivity index (χ4v) is 2.87. The number of rotatable bonds is 5. The lowest BCUT2D eigenvalue weighted by atomic mass is 10.1. The van der Waals surface area contributed by atoms with E-state index in [9.17, 15) is 9.59 Å². The minimum absolute atomic E-state index is 0.0934. The lowest BCUT2D eigenvalue weighted by Gasteiger charge is -2.19. The molecule has 0 spiro atoms. The molecule has 0 aliphatic carbocycles. The standard InChI is InChI=1S/C13H17N3O3S/c1-8(12(18)19)5-15(3)11(17)4-10-7-20-13-14-9(2)6-16(10)13/h6-8H,4-5H2,1-3H3,(H,18,19). The molecule has 1 atom stereocenters. The first kappa shape index (κ1) is 14.5. The van der Waals surface area contributed by atoms with Gasteiger partial charge in [0, 0.05) is 30.9 Å². The highest BCUT2D eigenvalue weighted by Crippen LogP contribution is 2.17. The largest absolute Gasteiger partial charge is 0.481 e. The maximum atomic E-state index is 12.1. The molecule has 6 nitrogen and oxygen atoms in total. The molecule has 2 aromatic heterocycles. The van der Waals surface area contributed by atoms with E-state index in [0.29, 0.717) is 0 Å². The van der Waals surface area contributed by atoms with Crippen molar-refractivity contribution in [1.82, 2.24) is 14.3 Å². The van der Waals surface area contributed by atoms with Crippen LogP contribution in [0.1, 0.15) is 18.3 Å². The summed E-state index contributed by atoms with van der Waals surface area (Å²) in [5.74, 6) is -1.56. The van der Waals surface area contributed by atoms with Crippen LogP contribution in [-0.2, 0) is 16.0 Å². The van der Waals surface area contributed by atoms with Crippen LogP contribution in [0.25, 0.3) is 4.96 Å². The van der Waals surface area contributed by atoms with Crippen LogP contribution in [0.3, 0.4) is 0 Å². The summed E-state index contributed by atoms with van der Waals surface area (Å²) in [6.07, 6.45) is 2.15. The molecule has 20 heavy (non-hydrogen) atoms. The van der Waals surface area contributed by atoms with E-state index in [1.165, 1.54) is 16.2 Å². The average Bonchev–Trinajstić information content (AvgIpc) is 2.89. The minimum atomic E-state index is -0.896. The van der Waals surface area contributed by atoms with Gasteiger partial charge in [-0.1, -0.05) is 6.92 Å². The summed E-state index contributed by atoms with van der Waals surface area (Å²) in [6, 6.07) is 0. The third-order valence-corrected chi connectivity index (χ3v) is 4.02. The SMILES string of the molecule is Cc1cn2c(CC(=O)N(C)CC(C)C(=O)O)csc2n1. The van der Waals surface area contributed by atoms with Gasteiger partial charge >= 0.3 is 5.97 Å². The number of carbonyl (C=O) groups is 2. The molecule has 0 aromatic carbocycles. The van der Waals surface area contributed by atoms with E-state index in [4.69, 9.17) is 5.11 Å². The number of thiazole rings is 1. The van der Waals surface area contributed by atoms with Crippen molar-refractivity contribution in [2.75, 3.05) is 13.6 Å². The second-order valence-corrected chi connectivity index (χ2v) is 5.79. The Morgan fingerprint density at radius 1 is 1.55 bits per heavy atom. The number of carboxylic acid groups (broad SMARTS) is 1. The smallest absolute Gasteiger partial charge is 0.308 e. The number of amides is 1. The molecule has 0 aliphatic heterocycles. The molecular weight excluding hydrogens is 278 g/mol. The van der Waals surface area contributed by atoms with Crippen LogP contribution in [0.15, 0.2) is 11.6 Å². The first-order valence-corrected chi connectivity index (χ1v) is 7.15. The Bertz CT molecular complexity index is 646. The highest BCUT2D eigenvalue weighted by Gasteiger charge is 2.19. The van der Waals surface area contributed by atoms with Gasteiger partial charge in [-0.2, -0.15) is 0 Å². The summed E-state index contributed by atoms with van der Waals surface area (Å²) in [7, 11) is 1.63. The number of likely N-dealkylation sites (N-methyl/N-ethyl adjacent to an activating group) is 1. The molecule has 108 valence electrons. The summed E-state index contributed by atoms with van der Waals surface area (Å²) in [5.41, 5.74) is 1.80. The van der Waals surface area contributed by atoms with Crippen LogP contribution in [0, 0.1) is 12.8 Å². The second kappa shape index (κ2) is 5.62. The molecule has 0 bridgehead atoms. The first-order valence-electron chi connectivity index (χ1n) is 6.27. The number of imidazole rings is 1. The molecule has 2 rings (SSSR count). The summed E-state index contributed by atoms with van der Waals surface area (Å²) in [5, 5.41) is 10.8. The van der Waals surface area contributed by atoms with Crippen LogP contribution in [0.5, 0.6) is 0 Å². The number of aliphatic carboxylic acids is 1. The molecule has 0 saturated heterocycles. The number of fused-ring (bicyclic) bond motifs is 1. The molecule has 1 amide bonds. The fourth-order valence-electron chi connectivity index (χ4n) is 1.95. The van der Waals surface area contributed by atoms with Crippen LogP contribution in [-0.4, -0.2) is 44.9 Å². The van der Waals surface area contributed by atoms with E-state index >= 15 is 0 Å². The molecule has 1 unspecified atom stereocenters. The van der Waals surface area contributed by atoms with E-state index in [1.54, 1.807) is 14.0 Å². The number of hydrogen-bond acceptors (Lipinski definition) is 4. The molecule has 0 fully saturated rings. The Morgan fingerprint density at radius 2 is 2.25 bits per heavy atom. The van der Waals surface area contributed by atoms with E-state index in [-0.39, 0.29) is 18.9 Å². The zero-order valence-electron chi connectivity index (χ0n) is 11.7. The maximum absolute atomic E-state index is 12.1. The van der Waals surface area contributed by atoms with Gasteiger partial charge in [0.15, 0.2) is 4.96 Å². The van der Waals surface area contributed by atoms with Gasteiger partial charge in [-0.25, -0.2) is 4.98 Å². The Labute approximate surface area is 120 Å². The average molecular weight is 295 g/mol. The number of carboxylic acids is 1. The van der Waals surface area contributed by atoms with Crippen molar-refractivity contribution in [2.45, 2.75) is 20.3 Å². The number of aryl methyl sites for hydroxylation is 1. The number of carbonyl (C=O) groups excluding carboxylic acids is 1. The van der Waals surface area contributed by atoms with E-state index in [1.807, 2.05) is 22.9 Å².